The van der Waals surface area contributed by atoms with Crippen LogP contribution in [0.4, 0.5) is 4.79 Å². The molecule has 0 aromatic heterocycles. The molecule has 0 rings (SSSR count). The molecule has 5 N–H and O–H groups in total. The molecule has 1 atom stereocenters. The standard InChI is InChI=1S/C9H17N3O4/c1-5(2)7(8(14)15)11-4-3-6(13)12-9(10)16/h5,7,11H,3-4H2,1-2H3,(H,14,15)(H3,10,12,13,16). The lowest BCUT2D eigenvalue weighted by Gasteiger charge is -2.17. The normalized spacial score (nSPS) is 12.2. The fourth-order valence-corrected chi connectivity index (χ4v) is 1.15. The Balaban J connectivity index is 3.91. The quantitative estimate of drug-likeness (QED) is 0.480. The van der Waals surface area contributed by atoms with Crippen molar-refractivity contribution in [1.29, 1.82) is 0 Å². The number of carboxylic acids is 1. The minimum absolute atomic E-state index is 0.000556. The van der Waals surface area contributed by atoms with Crippen LogP contribution in [0.25, 0.3) is 0 Å². The van der Waals surface area contributed by atoms with E-state index in [1.807, 2.05) is 5.32 Å². The minimum atomic E-state index is -0.967. The molecule has 0 aliphatic rings. The van der Waals surface area contributed by atoms with Crippen LogP contribution in [0.15, 0.2) is 0 Å². The molecular weight excluding hydrogens is 214 g/mol. The van der Waals surface area contributed by atoms with Crippen LogP contribution < -0.4 is 16.4 Å². The van der Waals surface area contributed by atoms with Crippen LogP contribution in [-0.4, -0.2) is 35.6 Å². The summed E-state index contributed by atoms with van der Waals surface area (Å²) in [7, 11) is 0. The van der Waals surface area contributed by atoms with Crippen LogP contribution in [-0.2, 0) is 9.59 Å². The van der Waals surface area contributed by atoms with Gasteiger partial charge in [-0.1, -0.05) is 13.8 Å². The molecule has 0 fully saturated rings. The monoisotopic (exact) mass is 231 g/mol. The molecule has 0 aromatic carbocycles. The van der Waals surface area contributed by atoms with Crippen LogP contribution in [0.3, 0.4) is 0 Å². The molecule has 0 aromatic rings. The summed E-state index contributed by atoms with van der Waals surface area (Å²) in [5.41, 5.74) is 4.74. The van der Waals surface area contributed by atoms with Crippen molar-refractivity contribution >= 4 is 17.9 Å². The van der Waals surface area contributed by atoms with Crippen molar-refractivity contribution in [3.05, 3.63) is 0 Å². The zero-order chi connectivity index (χ0) is 12.7. The number of primary amides is 1. The Hall–Kier alpha value is -1.63. The predicted molar refractivity (Wildman–Crippen MR) is 56.6 cm³/mol. The zero-order valence-electron chi connectivity index (χ0n) is 9.32. The molecule has 3 amide bonds. The first kappa shape index (κ1) is 14.4. The maximum atomic E-state index is 11.0. The van der Waals surface area contributed by atoms with Gasteiger partial charge in [-0.25, -0.2) is 4.79 Å². The van der Waals surface area contributed by atoms with Gasteiger partial charge in [0, 0.05) is 13.0 Å². The number of rotatable bonds is 6. The Kier molecular flexibility index (Phi) is 6.09. The number of hydrogen-bond donors (Lipinski definition) is 4. The third-order valence-corrected chi connectivity index (χ3v) is 1.91. The molecule has 0 bridgehead atoms. The van der Waals surface area contributed by atoms with Crippen LogP contribution in [0.1, 0.15) is 20.3 Å². The first-order valence-electron chi connectivity index (χ1n) is 4.90. The molecule has 1 unspecified atom stereocenters. The Morgan fingerprint density at radius 3 is 2.25 bits per heavy atom. The van der Waals surface area contributed by atoms with E-state index in [1.165, 1.54) is 0 Å². The van der Waals surface area contributed by atoms with E-state index in [0.29, 0.717) is 0 Å². The van der Waals surface area contributed by atoms with Gasteiger partial charge in [-0.2, -0.15) is 0 Å². The van der Waals surface area contributed by atoms with Gasteiger partial charge >= 0.3 is 12.0 Å². The molecule has 0 radical (unpaired) electrons. The van der Waals surface area contributed by atoms with E-state index in [0.717, 1.165) is 0 Å². The Bertz CT molecular complexity index is 278. The third-order valence-electron chi connectivity index (χ3n) is 1.91. The van der Waals surface area contributed by atoms with E-state index < -0.39 is 23.9 Å². The smallest absolute Gasteiger partial charge is 0.320 e. The van der Waals surface area contributed by atoms with Gasteiger partial charge in [-0.3, -0.25) is 14.9 Å². The number of imide groups is 1. The number of nitrogens with two attached hydrogens (primary N) is 1. The highest BCUT2D eigenvalue weighted by Gasteiger charge is 2.20. The van der Waals surface area contributed by atoms with E-state index in [4.69, 9.17) is 10.8 Å². The number of amides is 3. The van der Waals surface area contributed by atoms with Crippen LogP contribution in [0.2, 0.25) is 0 Å². The molecular formula is C9H17N3O4. The lowest BCUT2D eigenvalue weighted by molar-refractivity contribution is -0.140. The van der Waals surface area contributed by atoms with E-state index in [9.17, 15) is 14.4 Å². The number of hydrogen-bond acceptors (Lipinski definition) is 4. The number of urea groups is 1. The number of carbonyl (C=O) groups excluding carboxylic acids is 2. The summed E-state index contributed by atoms with van der Waals surface area (Å²) in [6.07, 6.45) is -0.000556. The van der Waals surface area contributed by atoms with E-state index in [1.54, 1.807) is 13.8 Å². The van der Waals surface area contributed by atoms with Gasteiger partial charge in [0.1, 0.15) is 6.04 Å². The second kappa shape index (κ2) is 6.78. The van der Waals surface area contributed by atoms with Gasteiger partial charge in [0.2, 0.25) is 5.91 Å². The predicted octanol–water partition coefficient (Wildman–Crippen LogP) is -0.730. The van der Waals surface area contributed by atoms with Gasteiger partial charge < -0.3 is 16.2 Å². The van der Waals surface area contributed by atoms with Gasteiger partial charge in [-0.15, -0.1) is 0 Å². The first-order valence-corrected chi connectivity index (χ1v) is 4.90. The molecule has 0 spiro atoms. The SMILES string of the molecule is CC(C)C(NCCC(=O)NC(N)=O)C(=O)O. The number of nitrogens with one attached hydrogen (secondary N) is 2. The summed E-state index contributed by atoms with van der Waals surface area (Å²) in [5, 5.41) is 13.4. The number of carboxylic acid groups (broad SMARTS) is 1. The zero-order valence-corrected chi connectivity index (χ0v) is 9.32. The third kappa shape index (κ3) is 5.97. The topological polar surface area (TPSA) is 122 Å². The highest BCUT2D eigenvalue weighted by Crippen LogP contribution is 2.01. The van der Waals surface area contributed by atoms with E-state index in [-0.39, 0.29) is 18.9 Å². The lowest BCUT2D eigenvalue weighted by atomic mass is 10.0. The molecule has 0 saturated carbocycles. The van der Waals surface area contributed by atoms with Crippen molar-refractivity contribution in [3.8, 4) is 0 Å². The van der Waals surface area contributed by atoms with Crippen molar-refractivity contribution in [2.75, 3.05) is 6.54 Å². The molecule has 7 heteroatoms. The number of carbonyl (C=O) groups is 3. The fourth-order valence-electron chi connectivity index (χ4n) is 1.15. The summed E-state index contributed by atoms with van der Waals surface area (Å²) in [4.78, 5) is 32.0. The van der Waals surface area contributed by atoms with Crippen molar-refractivity contribution in [2.45, 2.75) is 26.3 Å². The van der Waals surface area contributed by atoms with Gasteiger partial charge in [0.05, 0.1) is 0 Å². The Labute approximate surface area is 93.4 Å². The molecule has 16 heavy (non-hydrogen) atoms. The average Bonchev–Trinajstić information content (AvgIpc) is 2.09. The second-order valence-electron chi connectivity index (χ2n) is 3.68. The summed E-state index contributed by atoms with van der Waals surface area (Å²) < 4.78 is 0. The molecule has 7 nitrogen and oxygen atoms in total. The summed E-state index contributed by atoms with van der Waals surface area (Å²) in [5.74, 6) is -1.59. The van der Waals surface area contributed by atoms with Crippen LogP contribution in [0, 0.1) is 5.92 Å². The van der Waals surface area contributed by atoms with Crippen molar-refractivity contribution < 1.29 is 19.5 Å². The molecule has 0 aliphatic carbocycles. The highest BCUT2D eigenvalue weighted by molar-refractivity contribution is 5.93. The maximum absolute atomic E-state index is 11.0. The van der Waals surface area contributed by atoms with Crippen LogP contribution >= 0.6 is 0 Å². The molecule has 0 saturated heterocycles. The van der Waals surface area contributed by atoms with Crippen LogP contribution in [0.5, 0.6) is 0 Å². The van der Waals surface area contributed by atoms with Gasteiger partial charge in [-0.05, 0) is 5.92 Å². The molecule has 0 aliphatic heterocycles. The summed E-state index contributed by atoms with van der Waals surface area (Å²) >= 11 is 0. The van der Waals surface area contributed by atoms with Crippen molar-refractivity contribution in [1.82, 2.24) is 10.6 Å². The molecule has 0 heterocycles. The van der Waals surface area contributed by atoms with Gasteiger partial charge in [0.25, 0.3) is 0 Å². The highest BCUT2D eigenvalue weighted by atomic mass is 16.4. The van der Waals surface area contributed by atoms with E-state index >= 15 is 0 Å². The maximum Gasteiger partial charge on any atom is 0.320 e. The van der Waals surface area contributed by atoms with Crippen molar-refractivity contribution in [3.63, 3.8) is 0 Å². The second-order valence-corrected chi connectivity index (χ2v) is 3.68. The lowest BCUT2D eigenvalue weighted by Crippen LogP contribution is -2.43. The summed E-state index contributed by atoms with van der Waals surface area (Å²) in [6, 6.07) is -1.62. The minimum Gasteiger partial charge on any atom is -0.480 e. The first-order chi connectivity index (χ1) is 7.34. The molecule has 92 valence electrons. The number of aliphatic carboxylic acids is 1. The van der Waals surface area contributed by atoms with E-state index in [2.05, 4.69) is 5.32 Å². The Morgan fingerprint density at radius 2 is 1.88 bits per heavy atom. The van der Waals surface area contributed by atoms with Crippen molar-refractivity contribution in [2.24, 2.45) is 11.7 Å². The Morgan fingerprint density at radius 1 is 1.31 bits per heavy atom. The largest absolute Gasteiger partial charge is 0.480 e. The summed E-state index contributed by atoms with van der Waals surface area (Å²) in [6.45, 7) is 3.69. The average molecular weight is 231 g/mol. The fraction of sp³-hybridized carbons (Fsp3) is 0.667. The van der Waals surface area contributed by atoms with Gasteiger partial charge in [0.15, 0.2) is 0 Å².